The Balaban J connectivity index is 1.62. The van der Waals surface area contributed by atoms with Crippen LogP contribution in [0, 0.1) is 6.92 Å². The van der Waals surface area contributed by atoms with E-state index < -0.39 is 0 Å². The maximum absolute atomic E-state index is 12.5. The van der Waals surface area contributed by atoms with Crippen LogP contribution in [0.2, 0.25) is 0 Å². The van der Waals surface area contributed by atoms with Gasteiger partial charge in [-0.25, -0.2) is 0 Å². The molecule has 0 aliphatic rings. The monoisotopic (exact) mass is 389 g/mol. The Morgan fingerprint density at radius 1 is 0.931 bits per heavy atom. The fourth-order valence-corrected chi connectivity index (χ4v) is 2.68. The van der Waals surface area contributed by atoms with Crippen molar-refractivity contribution < 1.29 is 14.3 Å². The van der Waals surface area contributed by atoms with E-state index in [2.05, 4.69) is 15.6 Å². The lowest BCUT2D eigenvalue weighted by atomic mass is 10.1. The molecular weight excluding hydrogens is 366 g/mol. The minimum absolute atomic E-state index is 0.284. The number of pyridine rings is 1. The zero-order chi connectivity index (χ0) is 20.6. The van der Waals surface area contributed by atoms with Gasteiger partial charge in [0, 0.05) is 24.6 Å². The predicted molar refractivity (Wildman–Crippen MR) is 112 cm³/mol. The molecule has 6 nitrogen and oxygen atoms in total. The number of anilines is 1. The fraction of sp³-hybridized carbons (Fsp3) is 0.174. The number of nitrogens with zero attached hydrogens (tertiary/aromatic N) is 1. The molecule has 3 rings (SSSR count). The molecule has 3 aromatic rings. The third-order valence-corrected chi connectivity index (χ3v) is 4.26. The molecule has 0 aliphatic heterocycles. The quantitative estimate of drug-likeness (QED) is 0.641. The molecule has 0 atom stereocenters. The smallest absolute Gasteiger partial charge is 0.257 e. The van der Waals surface area contributed by atoms with Crippen LogP contribution in [0.5, 0.6) is 5.75 Å². The van der Waals surface area contributed by atoms with Crippen molar-refractivity contribution in [3.8, 4) is 5.75 Å². The first-order chi connectivity index (χ1) is 14.0. The number of amides is 2. The van der Waals surface area contributed by atoms with Crippen LogP contribution in [-0.2, 0) is 6.54 Å². The lowest BCUT2D eigenvalue weighted by Gasteiger charge is -2.09. The number of aryl methyl sites for hydroxylation is 1. The second-order valence-electron chi connectivity index (χ2n) is 6.54. The van der Waals surface area contributed by atoms with Crippen LogP contribution in [0.15, 0.2) is 67.0 Å². The highest BCUT2D eigenvalue weighted by Crippen LogP contribution is 2.16. The number of benzene rings is 2. The topological polar surface area (TPSA) is 80.3 Å². The summed E-state index contributed by atoms with van der Waals surface area (Å²) in [7, 11) is 0. The number of hydrogen-bond donors (Lipinski definition) is 2. The average molecular weight is 389 g/mol. The Morgan fingerprint density at radius 2 is 1.59 bits per heavy atom. The Bertz CT molecular complexity index is 983. The molecule has 0 unspecified atom stereocenters. The number of hydrogen-bond acceptors (Lipinski definition) is 4. The second kappa shape index (κ2) is 9.50. The van der Waals surface area contributed by atoms with Gasteiger partial charge in [-0.15, -0.1) is 0 Å². The lowest BCUT2D eigenvalue weighted by molar-refractivity contribution is 0.0950. The number of carbonyl (C=O) groups excluding carboxylic acids is 2. The van der Waals surface area contributed by atoms with E-state index in [-0.39, 0.29) is 11.8 Å². The van der Waals surface area contributed by atoms with Crippen LogP contribution in [0.3, 0.4) is 0 Å². The Labute approximate surface area is 169 Å². The van der Waals surface area contributed by atoms with E-state index in [9.17, 15) is 9.59 Å². The third kappa shape index (κ3) is 5.65. The normalized spacial score (nSPS) is 10.3. The van der Waals surface area contributed by atoms with Crippen LogP contribution < -0.4 is 15.4 Å². The van der Waals surface area contributed by atoms with Gasteiger partial charge in [0.2, 0.25) is 0 Å². The Hall–Kier alpha value is -3.67. The van der Waals surface area contributed by atoms with Crippen molar-refractivity contribution in [2.75, 3.05) is 11.9 Å². The van der Waals surface area contributed by atoms with Gasteiger partial charge in [-0.1, -0.05) is 29.8 Å². The fourth-order valence-electron chi connectivity index (χ4n) is 2.68. The van der Waals surface area contributed by atoms with Gasteiger partial charge in [0.25, 0.3) is 11.8 Å². The zero-order valence-corrected chi connectivity index (χ0v) is 16.4. The number of rotatable bonds is 7. The summed E-state index contributed by atoms with van der Waals surface area (Å²) in [4.78, 5) is 28.9. The highest BCUT2D eigenvalue weighted by Gasteiger charge is 2.12. The highest BCUT2D eigenvalue weighted by molar-refractivity contribution is 6.05. The molecule has 0 aliphatic carbocycles. The molecule has 2 N–H and O–H groups in total. The van der Waals surface area contributed by atoms with Gasteiger partial charge in [-0.2, -0.15) is 0 Å². The molecule has 0 saturated carbocycles. The molecular formula is C23H23N3O3. The van der Waals surface area contributed by atoms with E-state index in [0.717, 1.165) is 16.9 Å². The summed E-state index contributed by atoms with van der Waals surface area (Å²) >= 11 is 0. The second-order valence-corrected chi connectivity index (χ2v) is 6.54. The van der Waals surface area contributed by atoms with Crippen LogP contribution in [0.4, 0.5) is 5.69 Å². The zero-order valence-electron chi connectivity index (χ0n) is 16.4. The van der Waals surface area contributed by atoms with Gasteiger partial charge in [-0.3, -0.25) is 14.6 Å². The minimum Gasteiger partial charge on any atom is -0.494 e. The van der Waals surface area contributed by atoms with Crippen molar-refractivity contribution in [2.24, 2.45) is 0 Å². The number of nitrogens with one attached hydrogen (secondary N) is 2. The molecule has 0 bridgehead atoms. The van der Waals surface area contributed by atoms with Gasteiger partial charge in [0.05, 0.1) is 17.7 Å². The van der Waals surface area contributed by atoms with E-state index in [4.69, 9.17) is 4.74 Å². The Morgan fingerprint density at radius 3 is 2.24 bits per heavy atom. The van der Waals surface area contributed by atoms with E-state index in [0.29, 0.717) is 30.0 Å². The molecule has 148 valence electrons. The van der Waals surface area contributed by atoms with E-state index in [1.807, 2.05) is 38.1 Å². The standard InChI is InChI=1S/C23H23N3O3/c1-3-29-21-10-8-20(9-11-21)26-23(28)19-12-18(14-24-15-19)22(27)25-13-17-6-4-16(2)5-7-17/h4-12,14-15H,3,13H2,1-2H3,(H,25,27)(H,26,28). The van der Waals surface area contributed by atoms with E-state index >= 15 is 0 Å². The van der Waals surface area contributed by atoms with Gasteiger partial charge >= 0.3 is 0 Å². The van der Waals surface area contributed by atoms with Crippen LogP contribution in [0.25, 0.3) is 0 Å². The number of carbonyl (C=O) groups is 2. The molecule has 6 heteroatoms. The predicted octanol–water partition coefficient (Wildman–Crippen LogP) is 3.97. The molecule has 29 heavy (non-hydrogen) atoms. The first-order valence-corrected chi connectivity index (χ1v) is 9.38. The van der Waals surface area contributed by atoms with Crippen LogP contribution in [-0.4, -0.2) is 23.4 Å². The number of aromatic nitrogens is 1. The molecule has 2 amide bonds. The van der Waals surface area contributed by atoms with Crippen molar-refractivity contribution in [3.05, 3.63) is 89.2 Å². The van der Waals surface area contributed by atoms with Crippen molar-refractivity contribution in [3.63, 3.8) is 0 Å². The molecule has 1 aromatic heterocycles. The molecule has 0 spiro atoms. The highest BCUT2D eigenvalue weighted by atomic mass is 16.5. The summed E-state index contributed by atoms with van der Waals surface area (Å²) < 4.78 is 5.39. The average Bonchev–Trinajstić information content (AvgIpc) is 2.75. The van der Waals surface area contributed by atoms with E-state index in [1.165, 1.54) is 18.5 Å². The maximum Gasteiger partial charge on any atom is 0.257 e. The number of ether oxygens (including phenoxy) is 1. The summed E-state index contributed by atoms with van der Waals surface area (Å²) in [6.45, 7) is 4.91. The van der Waals surface area contributed by atoms with Gasteiger partial charge in [0.15, 0.2) is 0 Å². The van der Waals surface area contributed by atoms with Crippen LogP contribution >= 0.6 is 0 Å². The molecule has 0 fully saturated rings. The van der Waals surface area contributed by atoms with Crippen LogP contribution in [0.1, 0.15) is 38.8 Å². The van der Waals surface area contributed by atoms with Crippen molar-refractivity contribution >= 4 is 17.5 Å². The third-order valence-electron chi connectivity index (χ3n) is 4.26. The van der Waals surface area contributed by atoms with Crippen molar-refractivity contribution in [1.29, 1.82) is 0 Å². The summed E-state index contributed by atoms with van der Waals surface area (Å²) in [6.07, 6.45) is 2.87. The SMILES string of the molecule is CCOc1ccc(NC(=O)c2cncc(C(=O)NCc3ccc(C)cc3)c2)cc1. The first kappa shape index (κ1) is 20.1. The van der Waals surface area contributed by atoms with Gasteiger partial charge < -0.3 is 15.4 Å². The molecule has 1 heterocycles. The summed E-state index contributed by atoms with van der Waals surface area (Å²) in [5, 5.41) is 5.63. The Kier molecular flexibility index (Phi) is 6.58. The summed E-state index contributed by atoms with van der Waals surface area (Å²) in [5.74, 6) is 0.114. The summed E-state index contributed by atoms with van der Waals surface area (Å²) in [6, 6.07) is 16.5. The molecule has 0 radical (unpaired) electrons. The molecule has 2 aromatic carbocycles. The lowest BCUT2D eigenvalue weighted by Crippen LogP contribution is -2.23. The van der Waals surface area contributed by atoms with Gasteiger partial charge in [-0.05, 0) is 49.7 Å². The van der Waals surface area contributed by atoms with E-state index in [1.54, 1.807) is 24.3 Å². The van der Waals surface area contributed by atoms with Gasteiger partial charge in [0.1, 0.15) is 5.75 Å². The van der Waals surface area contributed by atoms with Crippen molar-refractivity contribution in [1.82, 2.24) is 10.3 Å². The molecule has 0 saturated heterocycles. The first-order valence-electron chi connectivity index (χ1n) is 9.38. The largest absolute Gasteiger partial charge is 0.494 e. The maximum atomic E-state index is 12.5. The van der Waals surface area contributed by atoms with Crippen molar-refractivity contribution in [2.45, 2.75) is 20.4 Å². The minimum atomic E-state index is -0.338. The summed E-state index contributed by atoms with van der Waals surface area (Å²) in [5.41, 5.74) is 3.43.